The van der Waals surface area contributed by atoms with Gasteiger partial charge in [0.2, 0.25) is 0 Å². The van der Waals surface area contributed by atoms with Crippen molar-refractivity contribution < 1.29 is 63.7 Å². The molecule has 1 N–H and O–H groups in total. The number of Topliss-reactive ketones (excluding diaryl/α,β-unsaturated/α-hetero) is 1. The number of unbranched alkanes of at least 4 members (excludes halogenated alkanes) is 2. The molecule has 5 nitrogen and oxygen atoms in total. The van der Waals surface area contributed by atoms with E-state index in [9.17, 15) is 49.1 Å². The molecule has 0 bridgehead atoms. The molecule has 1 atom stereocenters. The lowest BCUT2D eigenvalue weighted by atomic mass is 9.67. The standard InChI is InChI=1S/C33H31F9O5/c34-24-9-7-22(8-10-24)31(20-26(43)13-14-32(38,39)40,23-16-25(35)18-28(17-23)47-33(41,42)30(36)37)19-21-5-11-27(12-6-21)46-15-3-1-2-4-29(44)45/h5-12,16-18,30H,1-4,13-15,19-20H2,(H,44,45)/t31-/m1/s1. The molecule has 0 aromatic heterocycles. The van der Waals surface area contributed by atoms with Crippen molar-refractivity contribution in [3.8, 4) is 11.5 Å². The van der Waals surface area contributed by atoms with Crippen LogP contribution in [0, 0.1) is 11.6 Å². The Labute approximate surface area is 264 Å². The first-order valence-electron chi connectivity index (χ1n) is 14.4. The number of hydrogen-bond donors (Lipinski definition) is 1. The van der Waals surface area contributed by atoms with Crippen molar-refractivity contribution in [3.63, 3.8) is 0 Å². The first-order valence-corrected chi connectivity index (χ1v) is 14.4. The van der Waals surface area contributed by atoms with Gasteiger partial charge in [0.25, 0.3) is 0 Å². The van der Waals surface area contributed by atoms with Crippen molar-refractivity contribution >= 4 is 11.8 Å². The fraction of sp³-hybridized carbons (Fsp3) is 0.394. The summed E-state index contributed by atoms with van der Waals surface area (Å²) in [6.45, 7) is 0.265. The van der Waals surface area contributed by atoms with Crippen molar-refractivity contribution in [2.24, 2.45) is 0 Å². The van der Waals surface area contributed by atoms with Crippen LogP contribution in [0.5, 0.6) is 11.5 Å². The van der Waals surface area contributed by atoms with Gasteiger partial charge in [-0.3, -0.25) is 9.59 Å². The predicted octanol–water partition coefficient (Wildman–Crippen LogP) is 9.06. The zero-order valence-electron chi connectivity index (χ0n) is 24.8. The van der Waals surface area contributed by atoms with E-state index in [2.05, 4.69) is 4.74 Å². The van der Waals surface area contributed by atoms with E-state index in [1.807, 2.05) is 0 Å². The topological polar surface area (TPSA) is 72.8 Å². The van der Waals surface area contributed by atoms with E-state index in [0.29, 0.717) is 36.6 Å². The highest BCUT2D eigenvalue weighted by molar-refractivity contribution is 5.81. The summed E-state index contributed by atoms with van der Waals surface area (Å²) in [5, 5.41) is 8.72. The van der Waals surface area contributed by atoms with Gasteiger partial charge in [-0.15, -0.1) is 0 Å². The molecule has 3 aromatic rings. The summed E-state index contributed by atoms with van der Waals surface area (Å²) in [5.41, 5.74) is -1.58. The normalized spacial score (nSPS) is 13.3. The van der Waals surface area contributed by atoms with Crippen LogP contribution in [0.25, 0.3) is 0 Å². The minimum Gasteiger partial charge on any atom is -0.494 e. The molecule has 256 valence electrons. The van der Waals surface area contributed by atoms with E-state index in [-0.39, 0.29) is 30.6 Å². The van der Waals surface area contributed by atoms with E-state index in [1.54, 1.807) is 12.1 Å². The Balaban J connectivity index is 2.05. The quantitative estimate of drug-likeness (QED) is 0.107. The molecule has 47 heavy (non-hydrogen) atoms. The van der Waals surface area contributed by atoms with E-state index in [0.717, 1.165) is 24.3 Å². The summed E-state index contributed by atoms with van der Waals surface area (Å²) >= 11 is 0. The maximum Gasteiger partial charge on any atom is 0.461 e. The fourth-order valence-corrected chi connectivity index (χ4v) is 5.01. The lowest BCUT2D eigenvalue weighted by Crippen LogP contribution is -2.35. The van der Waals surface area contributed by atoms with Crippen molar-refractivity contribution in [3.05, 3.63) is 95.1 Å². The van der Waals surface area contributed by atoms with E-state index >= 15 is 0 Å². The van der Waals surface area contributed by atoms with Crippen LogP contribution in [0.3, 0.4) is 0 Å². The van der Waals surface area contributed by atoms with Crippen LogP contribution in [-0.2, 0) is 21.4 Å². The van der Waals surface area contributed by atoms with Crippen molar-refractivity contribution in [2.45, 2.75) is 75.5 Å². The fourth-order valence-electron chi connectivity index (χ4n) is 5.01. The lowest BCUT2D eigenvalue weighted by molar-refractivity contribution is -0.253. The highest BCUT2D eigenvalue weighted by Crippen LogP contribution is 2.43. The van der Waals surface area contributed by atoms with Crippen LogP contribution in [0.4, 0.5) is 39.5 Å². The van der Waals surface area contributed by atoms with Crippen molar-refractivity contribution in [1.29, 1.82) is 0 Å². The molecule has 14 heteroatoms. The third-order valence-electron chi connectivity index (χ3n) is 7.25. The summed E-state index contributed by atoms with van der Waals surface area (Å²) in [6.07, 6.45) is -15.8. The summed E-state index contributed by atoms with van der Waals surface area (Å²) in [6, 6.07) is 12.6. The van der Waals surface area contributed by atoms with Gasteiger partial charge in [-0.2, -0.15) is 30.7 Å². The zero-order valence-corrected chi connectivity index (χ0v) is 24.8. The van der Waals surface area contributed by atoms with Gasteiger partial charge >= 0.3 is 24.7 Å². The largest absolute Gasteiger partial charge is 0.494 e. The van der Waals surface area contributed by atoms with Gasteiger partial charge in [-0.05, 0) is 78.8 Å². The van der Waals surface area contributed by atoms with Gasteiger partial charge in [0, 0.05) is 30.7 Å². The number of hydrogen-bond acceptors (Lipinski definition) is 4. The van der Waals surface area contributed by atoms with Crippen LogP contribution in [0.15, 0.2) is 66.7 Å². The summed E-state index contributed by atoms with van der Waals surface area (Å²) < 4.78 is 131. The van der Waals surface area contributed by atoms with Crippen molar-refractivity contribution in [1.82, 2.24) is 0 Å². The van der Waals surface area contributed by atoms with Crippen LogP contribution in [0.2, 0.25) is 0 Å². The third-order valence-corrected chi connectivity index (χ3v) is 7.25. The second kappa shape index (κ2) is 16.1. The SMILES string of the molecule is O=C(O)CCCCCOc1ccc(C[C@@](CC(=O)CCC(F)(F)F)(c2ccc(F)cc2)c2cc(F)cc(OC(F)(F)C(F)F)c2)cc1. The third kappa shape index (κ3) is 11.5. The molecule has 3 rings (SSSR count). The van der Waals surface area contributed by atoms with Gasteiger partial charge in [-0.1, -0.05) is 24.3 Å². The number of halogens is 9. The summed E-state index contributed by atoms with van der Waals surface area (Å²) in [5.74, 6) is -4.45. The average molecular weight is 679 g/mol. The number of carboxylic acid groups (broad SMARTS) is 1. The second-order valence-electron chi connectivity index (χ2n) is 10.9. The zero-order chi connectivity index (χ0) is 34.8. The number of rotatable bonds is 18. The van der Waals surface area contributed by atoms with Crippen LogP contribution < -0.4 is 9.47 Å². The van der Waals surface area contributed by atoms with Gasteiger partial charge < -0.3 is 14.6 Å². The van der Waals surface area contributed by atoms with Crippen LogP contribution >= 0.6 is 0 Å². The molecule has 0 saturated carbocycles. The molecule has 0 aliphatic heterocycles. The molecule has 0 amide bonds. The Kier molecular flexibility index (Phi) is 12.7. The monoisotopic (exact) mass is 678 g/mol. The summed E-state index contributed by atoms with van der Waals surface area (Å²) in [4.78, 5) is 23.7. The molecule has 0 unspecified atom stereocenters. The molecule has 3 aromatic carbocycles. The highest BCUT2D eigenvalue weighted by atomic mass is 19.4. The number of aliphatic carboxylic acids is 1. The molecule has 0 fully saturated rings. The Morgan fingerprint density at radius 3 is 2.00 bits per heavy atom. The number of alkyl halides is 7. The maximum absolute atomic E-state index is 14.9. The Morgan fingerprint density at radius 1 is 0.745 bits per heavy atom. The average Bonchev–Trinajstić information content (AvgIpc) is 2.97. The predicted molar refractivity (Wildman–Crippen MR) is 152 cm³/mol. The number of benzene rings is 3. The van der Waals surface area contributed by atoms with Gasteiger partial charge in [-0.25, -0.2) is 8.78 Å². The van der Waals surface area contributed by atoms with Crippen LogP contribution in [0.1, 0.15) is 61.6 Å². The summed E-state index contributed by atoms with van der Waals surface area (Å²) in [7, 11) is 0. The molecule has 0 saturated heterocycles. The molecular weight excluding hydrogens is 647 g/mol. The lowest BCUT2D eigenvalue weighted by Gasteiger charge is -2.36. The molecule has 0 heterocycles. The smallest absolute Gasteiger partial charge is 0.461 e. The van der Waals surface area contributed by atoms with E-state index in [4.69, 9.17) is 9.84 Å². The van der Waals surface area contributed by atoms with Gasteiger partial charge in [0.05, 0.1) is 13.0 Å². The molecule has 0 spiro atoms. The minimum atomic E-state index is -5.03. The van der Waals surface area contributed by atoms with E-state index < -0.39 is 72.5 Å². The Morgan fingerprint density at radius 2 is 1.40 bits per heavy atom. The molecule has 0 radical (unpaired) electrons. The molecule has 0 aliphatic rings. The second-order valence-corrected chi connectivity index (χ2v) is 10.9. The van der Waals surface area contributed by atoms with Gasteiger partial charge in [0.15, 0.2) is 0 Å². The first kappa shape index (κ1) is 37.2. The van der Waals surface area contributed by atoms with E-state index in [1.165, 1.54) is 24.3 Å². The highest BCUT2D eigenvalue weighted by Gasteiger charge is 2.45. The number of ketones is 1. The number of carbonyl (C=O) groups is 2. The van der Waals surface area contributed by atoms with Crippen LogP contribution in [-0.4, -0.2) is 42.2 Å². The minimum absolute atomic E-state index is 0.0246. The molecule has 0 aliphatic carbocycles. The van der Waals surface area contributed by atoms with Crippen molar-refractivity contribution in [2.75, 3.05) is 6.61 Å². The van der Waals surface area contributed by atoms with Gasteiger partial charge in [0.1, 0.15) is 28.9 Å². The number of ether oxygens (including phenoxy) is 2. The Bertz CT molecular complexity index is 1480. The maximum atomic E-state index is 14.9. The number of carboxylic acids is 1. The molecular formula is C33H31F9O5. The Hall–Kier alpha value is -4.23. The number of carbonyl (C=O) groups excluding carboxylic acids is 1. The first-order chi connectivity index (χ1) is 22.0.